The minimum atomic E-state index is -0.222. The van der Waals surface area contributed by atoms with E-state index in [0.29, 0.717) is 11.1 Å². The van der Waals surface area contributed by atoms with Crippen LogP contribution in [0.5, 0.6) is 0 Å². The summed E-state index contributed by atoms with van der Waals surface area (Å²) in [6.45, 7) is 1.96. The van der Waals surface area contributed by atoms with Crippen molar-refractivity contribution in [2.45, 2.75) is 13.3 Å². The molecule has 4 nitrogen and oxygen atoms in total. The molecular weight excluding hydrogens is 349 g/mol. The van der Waals surface area contributed by atoms with Gasteiger partial charge >= 0.3 is 5.69 Å². The van der Waals surface area contributed by atoms with Crippen molar-refractivity contribution in [2.24, 2.45) is 14.1 Å². The number of rotatable bonds is 1. The molecule has 0 bridgehead atoms. The first-order valence-electron chi connectivity index (χ1n) is 7.95. The monoisotopic (exact) mass is 371 g/mol. The van der Waals surface area contributed by atoms with Gasteiger partial charge in [0.05, 0.1) is 11.4 Å². The molecule has 1 aliphatic rings. The molecule has 0 saturated heterocycles. The third kappa shape index (κ3) is 4.38. The topological polar surface area (TPSA) is 39.0 Å². The summed E-state index contributed by atoms with van der Waals surface area (Å²) in [6, 6.07) is 6.20. The van der Waals surface area contributed by atoms with Gasteiger partial charge in [0, 0.05) is 27.6 Å². The normalized spacial score (nSPS) is 11.9. The molecule has 0 spiro atoms. The van der Waals surface area contributed by atoms with Crippen molar-refractivity contribution in [2.75, 3.05) is 5.32 Å². The third-order valence-electron chi connectivity index (χ3n) is 3.85. The quantitative estimate of drug-likeness (QED) is 0.607. The minimum Gasteiger partial charge on any atom is -0.355 e. The fourth-order valence-corrected chi connectivity index (χ4v) is 2.65. The summed E-state index contributed by atoms with van der Waals surface area (Å²) < 4.78 is 15.9. The largest absolute Gasteiger partial charge is 0.355 e. The lowest BCUT2D eigenvalue weighted by Crippen LogP contribution is -2.30. The Morgan fingerprint density at radius 1 is 1.27 bits per heavy atom. The van der Waals surface area contributed by atoms with Gasteiger partial charge < -0.3 is 5.32 Å². The number of hydrogen-bond acceptors (Lipinski definition) is 3. The Kier molecular flexibility index (Phi) is 6.31. The van der Waals surface area contributed by atoms with E-state index < -0.39 is 0 Å². The predicted molar refractivity (Wildman–Crippen MR) is 109 cm³/mol. The zero-order valence-electron chi connectivity index (χ0n) is 14.9. The first kappa shape index (κ1) is 19.4. The summed E-state index contributed by atoms with van der Waals surface area (Å²) in [6.07, 6.45) is 11.4. The summed E-state index contributed by atoms with van der Waals surface area (Å²) in [4.78, 5) is 11.8. The molecule has 0 unspecified atom stereocenters. The molecule has 1 aromatic heterocycles. The van der Waals surface area contributed by atoms with E-state index in [-0.39, 0.29) is 12.9 Å². The maximum atomic E-state index is 12.3. The minimum absolute atomic E-state index is 0. The summed E-state index contributed by atoms with van der Waals surface area (Å²) in [5.41, 5.74) is 3.47. The molecule has 1 N–H and O–H groups in total. The first-order chi connectivity index (χ1) is 12.3. The maximum Gasteiger partial charge on any atom is 0.329 e. The average Bonchev–Trinajstić information content (AvgIpc) is 2.82. The Bertz CT molecular complexity index is 1030. The Morgan fingerprint density at radius 2 is 1.92 bits per heavy atom. The number of terminal acetylenes is 1. The van der Waals surface area contributed by atoms with Crippen molar-refractivity contribution >= 4 is 24.0 Å². The van der Waals surface area contributed by atoms with Crippen molar-refractivity contribution in [3.63, 3.8) is 0 Å². The van der Waals surface area contributed by atoms with Crippen LogP contribution >= 0.6 is 12.2 Å². The van der Waals surface area contributed by atoms with Crippen LogP contribution in [0.4, 0.5) is 10.1 Å². The van der Waals surface area contributed by atoms with Crippen LogP contribution in [0.3, 0.4) is 0 Å². The van der Waals surface area contributed by atoms with E-state index in [1.807, 2.05) is 25.2 Å². The van der Waals surface area contributed by atoms with Crippen LogP contribution in [0.15, 0.2) is 46.9 Å². The molecule has 2 heterocycles. The lowest BCUT2D eigenvalue weighted by Gasteiger charge is -2.14. The molecule has 1 aromatic carbocycles. The number of benzene rings is 1. The van der Waals surface area contributed by atoms with E-state index in [9.17, 15) is 9.18 Å². The number of allylic oxidation sites excluding steroid dienone is 3. The first-order valence-corrected chi connectivity index (χ1v) is 8.36. The van der Waals surface area contributed by atoms with E-state index in [1.165, 1.54) is 16.7 Å². The number of nitrogens with one attached hydrogen (secondary N) is 1. The van der Waals surface area contributed by atoms with Gasteiger partial charge in [-0.05, 0) is 36.8 Å². The standard InChI is InChI=1S/C11H13N3OS.C9H7F.H2/c1-7-5-4-6-8-9(12-7)10(16)14(3)11(15)13(8)2;1-2-3-8-4-6-9(10)7-5-8;/h4-6,12H,1-3H3;1,4-7H,3H2;1H. The fraction of sp³-hybridized carbons (Fsp3) is 0.200. The van der Waals surface area contributed by atoms with Crippen LogP contribution in [0.2, 0.25) is 0 Å². The van der Waals surface area contributed by atoms with E-state index >= 15 is 0 Å². The third-order valence-corrected chi connectivity index (χ3v) is 4.33. The Labute approximate surface area is 158 Å². The lowest BCUT2D eigenvalue weighted by atomic mass is 10.2. The van der Waals surface area contributed by atoms with Crippen LogP contribution in [0.1, 0.15) is 19.6 Å². The molecule has 1 aliphatic heterocycles. The molecule has 0 fully saturated rings. The summed E-state index contributed by atoms with van der Waals surface area (Å²) in [7, 11) is 3.42. The molecule has 2 aromatic rings. The molecule has 0 aliphatic carbocycles. The highest BCUT2D eigenvalue weighted by molar-refractivity contribution is 7.71. The second-order valence-electron chi connectivity index (χ2n) is 5.81. The summed E-state index contributed by atoms with van der Waals surface area (Å²) >= 11 is 5.27. The van der Waals surface area contributed by atoms with Crippen LogP contribution in [-0.4, -0.2) is 9.13 Å². The van der Waals surface area contributed by atoms with Crippen LogP contribution in [0.25, 0.3) is 6.08 Å². The molecule has 136 valence electrons. The van der Waals surface area contributed by atoms with Gasteiger partial charge in [-0.3, -0.25) is 9.13 Å². The van der Waals surface area contributed by atoms with Gasteiger partial charge in [0.2, 0.25) is 0 Å². The zero-order chi connectivity index (χ0) is 19.3. The number of anilines is 1. The van der Waals surface area contributed by atoms with E-state index in [1.54, 1.807) is 30.8 Å². The highest BCUT2D eigenvalue weighted by atomic mass is 32.1. The van der Waals surface area contributed by atoms with Crippen molar-refractivity contribution in [1.82, 2.24) is 9.13 Å². The zero-order valence-corrected chi connectivity index (χ0v) is 15.7. The highest BCUT2D eigenvalue weighted by Gasteiger charge is 2.12. The Hall–Kier alpha value is -2.91. The lowest BCUT2D eigenvalue weighted by molar-refractivity contribution is 0.627. The summed E-state index contributed by atoms with van der Waals surface area (Å²) in [5, 5.41) is 3.21. The van der Waals surface area contributed by atoms with Gasteiger partial charge in [-0.2, -0.15) is 0 Å². The number of nitrogens with zero attached hydrogens (tertiary/aromatic N) is 2. The van der Waals surface area contributed by atoms with Gasteiger partial charge in [-0.25, -0.2) is 9.18 Å². The number of aromatic nitrogens is 2. The second kappa shape index (κ2) is 8.45. The van der Waals surface area contributed by atoms with Crippen LogP contribution < -0.4 is 11.0 Å². The van der Waals surface area contributed by atoms with Gasteiger partial charge in [0.1, 0.15) is 10.5 Å². The molecule has 6 heteroatoms. The average molecular weight is 371 g/mol. The molecule has 3 rings (SSSR count). The summed E-state index contributed by atoms with van der Waals surface area (Å²) in [5.74, 6) is 2.26. The Morgan fingerprint density at radius 3 is 2.54 bits per heavy atom. The molecule has 0 atom stereocenters. The van der Waals surface area contributed by atoms with E-state index in [2.05, 4.69) is 11.2 Å². The van der Waals surface area contributed by atoms with E-state index in [0.717, 1.165) is 22.6 Å². The van der Waals surface area contributed by atoms with Crippen LogP contribution in [-0.2, 0) is 20.5 Å². The van der Waals surface area contributed by atoms with Crippen molar-refractivity contribution in [3.05, 3.63) is 74.3 Å². The van der Waals surface area contributed by atoms with E-state index in [4.69, 9.17) is 18.6 Å². The second-order valence-corrected chi connectivity index (χ2v) is 6.19. The predicted octanol–water partition coefficient (Wildman–Crippen LogP) is 4.04. The van der Waals surface area contributed by atoms with Gasteiger partial charge in [0.25, 0.3) is 0 Å². The van der Waals surface area contributed by atoms with Crippen LogP contribution in [0, 0.1) is 22.8 Å². The molecule has 0 amide bonds. The fourth-order valence-electron chi connectivity index (χ4n) is 2.42. The maximum absolute atomic E-state index is 12.3. The van der Waals surface area contributed by atoms with Gasteiger partial charge in [0.15, 0.2) is 0 Å². The molecular formula is C20H22FN3OS. The van der Waals surface area contributed by atoms with Crippen molar-refractivity contribution < 1.29 is 5.82 Å². The molecule has 0 radical (unpaired) electrons. The van der Waals surface area contributed by atoms with Gasteiger partial charge in [-0.1, -0.05) is 30.4 Å². The highest BCUT2D eigenvalue weighted by Crippen LogP contribution is 2.21. The number of fused-ring (bicyclic) bond motifs is 1. The van der Waals surface area contributed by atoms with Crippen molar-refractivity contribution in [1.29, 1.82) is 0 Å². The number of hydrogen-bond donors (Lipinski definition) is 1. The van der Waals surface area contributed by atoms with Crippen molar-refractivity contribution in [3.8, 4) is 12.3 Å². The molecule has 0 saturated carbocycles. The molecule has 26 heavy (non-hydrogen) atoms. The number of halogens is 1. The SMILES string of the molecule is C#CCc1ccc(F)cc1.CC1=CC=Cc2c(c(=S)n(C)c(=O)n2C)N1.[HH]. The Balaban J connectivity index is 0.000000288. The van der Waals surface area contributed by atoms with Gasteiger partial charge in [-0.15, -0.1) is 12.3 Å². The smallest absolute Gasteiger partial charge is 0.329 e.